The Morgan fingerprint density at radius 2 is 2.29 bits per heavy atom. The summed E-state index contributed by atoms with van der Waals surface area (Å²) in [5, 5.41) is 3.20. The molecule has 116 valence electrons. The molecule has 21 heavy (non-hydrogen) atoms. The molecular formula is C16H24N2O3. The number of benzene rings is 1. The minimum Gasteiger partial charge on any atom is -0.496 e. The van der Waals surface area contributed by atoms with Gasteiger partial charge in [-0.15, -0.1) is 0 Å². The highest BCUT2D eigenvalue weighted by Gasteiger charge is 2.27. The minimum absolute atomic E-state index is 0.0806. The van der Waals surface area contributed by atoms with Crippen LogP contribution in [0.25, 0.3) is 0 Å². The highest BCUT2D eigenvalue weighted by Crippen LogP contribution is 2.20. The largest absolute Gasteiger partial charge is 0.496 e. The van der Waals surface area contributed by atoms with E-state index in [1.54, 1.807) is 12.0 Å². The molecule has 1 aromatic rings. The molecule has 1 aliphatic heterocycles. The second kappa shape index (κ2) is 7.43. The van der Waals surface area contributed by atoms with Crippen LogP contribution in [0.4, 0.5) is 0 Å². The van der Waals surface area contributed by atoms with E-state index < -0.39 is 0 Å². The third kappa shape index (κ3) is 3.95. The van der Waals surface area contributed by atoms with Gasteiger partial charge in [-0.05, 0) is 25.0 Å². The van der Waals surface area contributed by atoms with E-state index in [0.717, 1.165) is 24.3 Å². The van der Waals surface area contributed by atoms with Crippen LogP contribution in [0.5, 0.6) is 5.75 Å². The highest BCUT2D eigenvalue weighted by atomic mass is 16.5. The van der Waals surface area contributed by atoms with E-state index in [4.69, 9.17) is 9.47 Å². The lowest BCUT2D eigenvalue weighted by molar-refractivity contribution is -0.136. The van der Waals surface area contributed by atoms with Crippen molar-refractivity contribution in [2.24, 2.45) is 0 Å². The van der Waals surface area contributed by atoms with Gasteiger partial charge >= 0.3 is 0 Å². The lowest BCUT2D eigenvalue weighted by Gasteiger charge is -2.31. The van der Waals surface area contributed by atoms with Crippen LogP contribution in [0.3, 0.4) is 0 Å². The molecule has 1 N–H and O–H groups in total. The summed E-state index contributed by atoms with van der Waals surface area (Å²) in [6, 6.07) is 7.78. The van der Waals surface area contributed by atoms with Crippen molar-refractivity contribution in [1.82, 2.24) is 10.2 Å². The predicted molar refractivity (Wildman–Crippen MR) is 81.5 cm³/mol. The van der Waals surface area contributed by atoms with Crippen LogP contribution < -0.4 is 10.1 Å². The van der Waals surface area contributed by atoms with Gasteiger partial charge in [-0.1, -0.05) is 18.2 Å². The maximum absolute atomic E-state index is 12.4. The molecular weight excluding hydrogens is 268 g/mol. The van der Waals surface area contributed by atoms with Crippen LogP contribution in [0.1, 0.15) is 12.5 Å². The predicted octanol–water partition coefficient (Wildman–Crippen LogP) is 1.07. The van der Waals surface area contributed by atoms with Gasteiger partial charge in [0.2, 0.25) is 5.91 Å². The summed E-state index contributed by atoms with van der Waals surface area (Å²) < 4.78 is 10.7. The summed E-state index contributed by atoms with van der Waals surface area (Å²) >= 11 is 0. The lowest BCUT2D eigenvalue weighted by Crippen LogP contribution is -2.53. The number of carbonyl (C=O) groups excluding carboxylic acids is 1. The molecule has 0 aliphatic carbocycles. The summed E-state index contributed by atoms with van der Waals surface area (Å²) in [6.45, 7) is 3.90. The van der Waals surface area contributed by atoms with Gasteiger partial charge in [0.1, 0.15) is 11.8 Å². The number of morpholine rings is 1. The molecule has 1 saturated heterocycles. The molecule has 1 amide bonds. The van der Waals surface area contributed by atoms with E-state index in [-0.39, 0.29) is 18.0 Å². The van der Waals surface area contributed by atoms with E-state index in [9.17, 15) is 4.79 Å². The Balaban J connectivity index is 1.98. The number of ether oxygens (including phenoxy) is 2. The molecule has 0 radical (unpaired) electrons. The van der Waals surface area contributed by atoms with E-state index >= 15 is 0 Å². The first-order valence-corrected chi connectivity index (χ1v) is 7.33. The van der Waals surface area contributed by atoms with E-state index in [1.165, 1.54) is 0 Å². The normalized spacial score (nSPS) is 19.9. The summed E-state index contributed by atoms with van der Waals surface area (Å²) in [6.07, 6.45) is 0.764. The van der Waals surface area contributed by atoms with Gasteiger partial charge in [0.05, 0.1) is 20.3 Å². The SMILES string of the molecule is COc1ccccc1CC(C)N(C)C(=O)C1COCCN1. The Morgan fingerprint density at radius 3 is 2.95 bits per heavy atom. The average Bonchev–Trinajstić information content (AvgIpc) is 2.54. The lowest BCUT2D eigenvalue weighted by atomic mass is 10.0. The molecule has 0 aromatic heterocycles. The van der Waals surface area contributed by atoms with Crippen molar-refractivity contribution in [2.45, 2.75) is 25.4 Å². The van der Waals surface area contributed by atoms with E-state index in [1.807, 2.05) is 38.2 Å². The molecule has 1 aromatic carbocycles. The third-order valence-electron chi connectivity index (χ3n) is 3.94. The summed E-state index contributed by atoms with van der Waals surface area (Å²) in [5.41, 5.74) is 1.11. The Bertz CT molecular complexity index is 472. The van der Waals surface area contributed by atoms with E-state index in [0.29, 0.717) is 13.2 Å². The van der Waals surface area contributed by atoms with Crippen molar-refractivity contribution in [3.8, 4) is 5.75 Å². The second-order valence-corrected chi connectivity index (χ2v) is 5.40. The zero-order valence-electron chi connectivity index (χ0n) is 13.0. The van der Waals surface area contributed by atoms with Crippen molar-refractivity contribution in [3.63, 3.8) is 0 Å². The minimum atomic E-state index is -0.233. The van der Waals surface area contributed by atoms with Gasteiger partial charge in [0, 0.05) is 19.6 Å². The van der Waals surface area contributed by atoms with Gasteiger partial charge in [0.25, 0.3) is 0 Å². The number of nitrogens with one attached hydrogen (secondary N) is 1. The van der Waals surface area contributed by atoms with Crippen molar-refractivity contribution in [3.05, 3.63) is 29.8 Å². The topological polar surface area (TPSA) is 50.8 Å². The summed E-state index contributed by atoms with van der Waals surface area (Å²) in [5.74, 6) is 0.946. The number of para-hydroxylation sites is 1. The zero-order valence-corrected chi connectivity index (χ0v) is 13.0. The van der Waals surface area contributed by atoms with Crippen LogP contribution in [-0.4, -0.2) is 56.8 Å². The fraction of sp³-hybridized carbons (Fsp3) is 0.562. The average molecular weight is 292 g/mol. The molecule has 1 aliphatic rings. The first-order valence-electron chi connectivity index (χ1n) is 7.33. The Kier molecular flexibility index (Phi) is 5.59. The molecule has 0 spiro atoms. The van der Waals surface area contributed by atoms with Crippen molar-refractivity contribution >= 4 is 5.91 Å². The number of hydrogen-bond donors (Lipinski definition) is 1. The van der Waals surface area contributed by atoms with Gasteiger partial charge in [-0.25, -0.2) is 0 Å². The smallest absolute Gasteiger partial charge is 0.242 e. The fourth-order valence-electron chi connectivity index (χ4n) is 2.51. The molecule has 5 heteroatoms. The van der Waals surface area contributed by atoms with Crippen LogP contribution in [0, 0.1) is 0 Å². The Hall–Kier alpha value is -1.59. The van der Waals surface area contributed by atoms with Crippen molar-refractivity contribution < 1.29 is 14.3 Å². The van der Waals surface area contributed by atoms with Gasteiger partial charge < -0.3 is 19.7 Å². The standard InChI is InChI=1S/C16H24N2O3/c1-12(10-13-6-4-5-7-15(13)20-3)18(2)16(19)14-11-21-9-8-17-14/h4-7,12,14,17H,8-11H2,1-3H3. The molecule has 2 atom stereocenters. The zero-order chi connectivity index (χ0) is 15.2. The number of methoxy groups -OCH3 is 1. The number of amides is 1. The van der Waals surface area contributed by atoms with E-state index in [2.05, 4.69) is 5.32 Å². The number of likely N-dealkylation sites (N-methyl/N-ethyl adjacent to an activating group) is 1. The molecule has 2 rings (SSSR count). The Labute approximate surface area is 126 Å². The Morgan fingerprint density at radius 1 is 1.52 bits per heavy atom. The van der Waals surface area contributed by atoms with Gasteiger partial charge in [0.15, 0.2) is 0 Å². The second-order valence-electron chi connectivity index (χ2n) is 5.40. The molecule has 1 heterocycles. The van der Waals surface area contributed by atoms with Gasteiger partial charge in [-0.2, -0.15) is 0 Å². The van der Waals surface area contributed by atoms with Gasteiger partial charge in [-0.3, -0.25) is 4.79 Å². The number of nitrogens with zero attached hydrogens (tertiary/aromatic N) is 1. The maximum Gasteiger partial charge on any atom is 0.242 e. The summed E-state index contributed by atoms with van der Waals surface area (Å²) in [4.78, 5) is 14.2. The quantitative estimate of drug-likeness (QED) is 0.882. The molecule has 2 unspecified atom stereocenters. The highest BCUT2D eigenvalue weighted by molar-refractivity contribution is 5.82. The molecule has 0 bridgehead atoms. The molecule has 0 saturated carbocycles. The molecule has 5 nitrogen and oxygen atoms in total. The van der Waals surface area contributed by atoms with Crippen LogP contribution in [0.2, 0.25) is 0 Å². The van der Waals surface area contributed by atoms with Crippen molar-refractivity contribution in [1.29, 1.82) is 0 Å². The van der Waals surface area contributed by atoms with Crippen molar-refractivity contribution in [2.75, 3.05) is 33.9 Å². The van der Waals surface area contributed by atoms with Crippen LogP contribution in [0.15, 0.2) is 24.3 Å². The number of rotatable bonds is 5. The van der Waals surface area contributed by atoms with Crippen LogP contribution in [-0.2, 0) is 16.0 Å². The fourth-order valence-corrected chi connectivity index (χ4v) is 2.51. The maximum atomic E-state index is 12.4. The number of hydrogen-bond acceptors (Lipinski definition) is 4. The van der Waals surface area contributed by atoms with Crippen LogP contribution >= 0.6 is 0 Å². The monoisotopic (exact) mass is 292 g/mol. The first kappa shape index (κ1) is 15.8. The number of carbonyl (C=O) groups is 1. The summed E-state index contributed by atoms with van der Waals surface area (Å²) in [7, 11) is 3.51. The first-order chi connectivity index (χ1) is 10.1. The third-order valence-corrected chi connectivity index (χ3v) is 3.94. The molecule has 1 fully saturated rings.